The third kappa shape index (κ3) is 2.79. The number of rotatable bonds is 4. The Hall–Kier alpha value is -3.67. The first-order valence-corrected chi connectivity index (χ1v) is 8.65. The lowest BCUT2D eigenvalue weighted by molar-refractivity contribution is -0.117. The van der Waals surface area contributed by atoms with Crippen molar-refractivity contribution in [2.75, 3.05) is 4.90 Å². The number of furan rings is 1. The molecule has 1 unspecified atom stereocenters. The van der Waals surface area contributed by atoms with Crippen LogP contribution < -0.4 is 4.90 Å². The van der Waals surface area contributed by atoms with Gasteiger partial charge in [-0.05, 0) is 37.3 Å². The normalized spacial score (nSPS) is 16.7. The monoisotopic (exact) mass is 377 g/mol. The highest BCUT2D eigenvalue weighted by Gasteiger charge is 2.46. The van der Waals surface area contributed by atoms with Crippen molar-refractivity contribution in [1.29, 1.82) is 0 Å². The summed E-state index contributed by atoms with van der Waals surface area (Å²) < 4.78 is 19.8. The summed E-state index contributed by atoms with van der Waals surface area (Å²) in [6.07, 6.45) is 1.32. The third-order valence-electron chi connectivity index (χ3n) is 4.71. The Morgan fingerprint density at radius 3 is 2.43 bits per heavy atom. The maximum atomic E-state index is 14.7. The summed E-state index contributed by atoms with van der Waals surface area (Å²) in [5.41, 5.74) is 1.31. The molecule has 1 amide bonds. The van der Waals surface area contributed by atoms with Crippen molar-refractivity contribution in [2.24, 2.45) is 0 Å². The number of hydrogen-bond donors (Lipinski definition) is 1. The standard InChI is InChI=1S/C22H16FNO4/c1-13-8-10-14(11-9-13)24-19(15-5-2-3-6-16(15)23)18(21(26)22(24)27)20(25)17-7-4-12-28-17/h2-12,19,26H,1H3. The second-order valence-electron chi connectivity index (χ2n) is 6.50. The lowest BCUT2D eigenvalue weighted by Crippen LogP contribution is -2.31. The molecular weight excluding hydrogens is 361 g/mol. The molecule has 0 radical (unpaired) electrons. The van der Waals surface area contributed by atoms with Gasteiger partial charge in [-0.1, -0.05) is 35.9 Å². The average molecular weight is 377 g/mol. The number of Topliss-reactive ketones (excluding diaryl/α,β-unsaturated/α-hetero) is 1. The SMILES string of the molecule is Cc1ccc(N2C(=O)C(O)=C(C(=O)c3ccco3)C2c2ccccc2F)cc1. The van der Waals surface area contributed by atoms with E-state index in [4.69, 9.17) is 4.42 Å². The minimum atomic E-state index is -1.12. The fourth-order valence-corrected chi connectivity index (χ4v) is 3.34. The smallest absolute Gasteiger partial charge is 0.294 e. The maximum absolute atomic E-state index is 14.7. The van der Waals surface area contributed by atoms with Crippen LogP contribution >= 0.6 is 0 Å². The molecule has 5 nitrogen and oxygen atoms in total. The van der Waals surface area contributed by atoms with Crippen molar-refractivity contribution in [3.63, 3.8) is 0 Å². The van der Waals surface area contributed by atoms with Crippen LogP contribution in [0.25, 0.3) is 0 Å². The zero-order valence-electron chi connectivity index (χ0n) is 14.9. The molecule has 140 valence electrons. The number of carbonyl (C=O) groups is 2. The number of hydrogen-bond acceptors (Lipinski definition) is 4. The molecule has 0 aliphatic carbocycles. The topological polar surface area (TPSA) is 70.8 Å². The Morgan fingerprint density at radius 1 is 1.07 bits per heavy atom. The van der Waals surface area contributed by atoms with E-state index >= 15 is 0 Å². The molecule has 0 saturated heterocycles. The first-order chi connectivity index (χ1) is 13.5. The van der Waals surface area contributed by atoms with Crippen LogP contribution in [0.5, 0.6) is 0 Å². The van der Waals surface area contributed by atoms with Gasteiger partial charge in [-0.3, -0.25) is 14.5 Å². The fraction of sp³-hybridized carbons (Fsp3) is 0.0909. The van der Waals surface area contributed by atoms with Crippen LogP contribution in [0, 0.1) is 12.7 Å². The van der Waals surface area contributed by atoms with Crippen LogP contribution in [0.4, 0.5) is 10.1 Å². The number of aliphatic hydroxyl groups is 1. The van der Waals surface area contributed by atoms with E-state index in [2.05, 4.69) is 0 Å². The Bertz CT molecular complexity index is 1080. The molecule has 0 fully saturated rings. The van der Waals surface area contributed by atoms with Gasteiger partial charge < -0.3 is 9.52 Å². The molecule has 28 heavy (non-hydrogen) atoms. The highest BCUT2D eigenvalue weighted by atomic mass is 19.1. The Labute approximate surface area is 160 Å². The summed E-state index contributed by atoms with van der Waals surface area (Å²) in [6, 6.07) is 14.7. The van der Waals surface area contributed by atoms with E-state index in [-0.39, 0.29) is 16.9 Å². The summed E-state index contributed by atoms with van der Waals surface area (Å²) in [5.74, 6) is -2.78. The summed E-state index contributed by atoms with van der Waals surface area (Å²) in [5, 5.41) is 10.5. The van der Waals surface area contributed by atoms with Crippen molar-refractivity contribution < 1.29 is 23.5 Å². The van der Waals surface area contributed by atoms with Crippen LogP contribution in [0.3, 0.4) is 0 Å². The molecule has 1 aromatic heterocycles. The lowest BCUT2D eigenvalue weighted by atomic mass is 9.94. The van der Waals surface area contributed by atoms with Gasteiger partial charge in [-0.2, -0.15) is 0 Å². The van der Waals surface area contributed by atoms with Gasteiger partial charge in [0.15, 0.2) is 11.5 Å². The predicted octanol–water partition coefficient (Wildman–Crippen LogP) is 4.51. The maximum Gasteiger partial charge on any atom is 0.294 e. The number of halogens is 1. The molecule has 4 rings (SSSR count). The van der Waals surface area contributed by atoms with Gasteiger partial charge in [0.2, 0.25) is 5.78 Å². The van der Waals surface area contributed by atoms with Gasteiger partial charge in [0, 0.05) is 11.3 Å². The van der Waals surface area contributed by atoms with Crippen LogP contribution in [0.2, 0.25) is 0 Å². The van der Waals surface area contributed by atoms with E-state index < -0.39 is 29.3 Å². The number of carbonyl (C=O) groups excluding carboxylic acids is 2. The van der Waals surface area contributed by atoms with E-state index in [1.807, 2.05) is 6.92 Å². The number of ketones is 1. The Kier molecular flexibility index (Phi) is 4.31. The lowest BCUT2D eigenvalue weighted by Gasteiger charge is -2.27. The second-order valence-corrected chi connectivity index (χ2v) is 6.50. The zero-order valence-corrected chi connectivity index (χ0v) is 14.9. The summed E-state index contributed by atoms with van der Waals surface area (Å²) in [4.78, 5) is 27.1. The minimum absolute atomic E-state index is 0.0403. The van der Waals surface area contributed by atoms with E-state index in [9.17, 15) is 19.1 Å². The molecule has 0 saturated carbocycles. The quantitative estimate of drug-likeness (QED) is 0.679. The molecule has 1 aliphatic rings. The van der Waals surface area contributed by atoms with Gasteiger partial charge in [0.05, 0.1) is 17.9 Å². The minimum Gasteiger partial charge on any atom is -0.503 e. The second kappa shape index (κ2) is 6.81. The molecule has 2 aromatic carbocycles. The molecule has 1 atom stereocenters. The highest BCUT2D eigenvalue weighted by Crippen LogP contribution is 2.42. The van der Waals surface area contributed by atoms with Crippen molar-refractivity contribution in [3.05, 3.63) is 101 Å². The number of aliphatic hydroxyl groups excluding tert-OH is 1. The average Bonchev–Trinajstić information content (AvgIpc) is 3.31. The van der Waals surface area contributed by atoms with Crippen LogP contribution in [0.15, 0.2) is 82.7 Å². The summed E-state index contributed by atoms with van der Waals surface area (Å²) >= 11 is 0. The van der Waals surface area contributed by atoms with Gasteiger partial charge in [0.1, 0.15) is 5.82 Å². The van der Waals surface area contributed by atoms with Gasteiger partial charge in [-0.25, -0.2) is 4.39 Å². The summed E-state index contributed by atoms with van der Waals surface area (Å²) in [7, 11) is 0. The van der Waals surface area contributed by atoms with E-state index in [0.29, 0.717) is 5.69 Å². The Balaban J connectivity index is 1.91. The molecular formula is C22H16FNO4. The first kappa shape index (κ1) is 17.7. The zero-order chi connectivity index (χ0) is 19.8. The van der Waals surface area contributed by atoms with E-state index in [0.717, 1.165) is 5.56 Å². The molecule has 1 aliphatic heterocycles. The van der Waals surface area contributed by atoms with Crippen LogP contribution in [-0.2, 0) is 4.79 Å². The van der Waals surface area contributed by atoms with Gasteiger partial charge in [0.25, 0.3) is 5.91 Å². The van der Waals surface area contributed by atoms with Crippen molar-refractivity contribution >= 4 is 17.4 Å². The largest absolute Gasteiger partial charge is 0.503 e. The molecule has 3 aromatic rings. The van der Waals surface area contributed by atoms with Crippen molar-refractivity contribution in [2.45, 2.75) is 13.0 Å². The number of anilines is 1. The molecule has 6 heteroatoms. The van der Waals surface area contributed by atoms with Crippen molar-refractivity contribution in [3.8, 4) is 0 Å². The Morgan fingerprint density at radius 2 is 1.79 bits per heavy atom. The van der Waals surface area contributed by atoms with Crippen LogP contribution in [-0.4, -0.2) is 16.8 Å². The molecule has 2 heterocycles. The molecule has 0 bridgehead atoms. The highest BCUT2D eigenvalue weighted by molar-refractivity contribution is 6.20. The van der Waals surface area contributed by atoms with E-state index in [1.54, 1.807) is 30.3 Å². The number of benzene rings is 2. The van der Waals surface area contributed by atoms with Crippen LogP contribution in [0.1, 0.15) is 27.7 Å². The first-order valence-electron chi connectivity index (χ1n) is 8.65. The fourth-order valence-electron chi connectivity index (χ4n) is 3.34. The number of nitrogens with zero attached hydrogens (tertiary/aromatic N) is 1. The number of amides is 1. The molecule has 1 N–H and O–H groups in total. The predicted molar refractivity (Wildman–Crippen MR) is 100 cm³/mol. The summed E-state index contributed by atoms with van der Waals surface area (Å²) in [6.45, 7) is 1.89. The van der Waals surface area contributed by atoms with Gasteiger partial charge >= 0.3 is 0 Å². The van der Waals surface area contributed by atoms with Crippen molar-refractivity contribution in [1.82, 2.24) is 0 Å². The third-order valence-corrected chi connectivity index (χ3v) is 4.71. The molecule has 0 spiro atoms. The van der Waals surface area contributed by atoms with Gasteiger partial charge in [-0.15, -0.1) is 0 Å². The number of aryl methyl sites for hydroxylation is 1. The van der Waals surface area contributed by atoms with E-state index in [1.165, 1.54) is 41.5 Å².